The molecule has 1 aromatic carbocycles. The molecular formula is C12H18ClNS. The van der Waals surface area contributed by atoms with Gasteiger partial charge in [0.25, 0.3) is 0 Å². The number of benzene rings is 1. The minimum absolute atomic E-state index is 0.659. The molecule has 0 saturated carbocycles. The van der Waals surface area contributed by atoms with E-state index >= 15 is 0 Å². The zero-order valence-electron chi connectivity index (χ0n) is 9.13. The Bertz CT molecular complexity index is 302. The van der Waals surface area contributed by atoms with Crippen LogP contribution in [0.25, 0.3) is 0 Å². The Labute approximate surface area is 101 Å². The summed E-state index contributed by atoms with van der Waals surface area (Å²) in [6.07, 6.45) is 5.23. The van der Waals surface area contributed by atoms with Crippen LogP contribution in [0.2, 0.25) is 5.02 Å². The Kier molecular flexibility index (Phi) is 5.96. The Hall–Kier alpha value is -0.340. The van der Waals surface area contributed by atoms with Crippen molar-refractivity contribution in [3.63, 3.8) is 0 Å². The van der Waals surface area contributed by atoms with Crippen LogP contribution < -0.4 is 5.73 Å². The van der Waals surface area contributed by atoms with Crippen molar-refractivity contribution in [2.45, 2.75) is 37.5 Å². The average Bonchev–Trinajstić information content (AvgIpc) is 2.23. The molecule has 0 unspecified atom stereocenters. The van der Waals surface area contributed by atoms with Crippen molar-refractivity contribution < 1.29 is 0 Å². The summed E-state index contributed by atoms with van der Waals surface area (Å²) in [7, 11) is 0. The van der Waals surface area contributed by atoms with Crippen LogP contribution in [0.3, 0.4) is 0 Å². The summed E-state index contributed by atoms with van der Waals surface area (Å²) in [5.41, 5.74) is 6.30. The van der Waals surface area contributed by atoms with E-state index in [-0.39, 0.29) is 0 Å². The van der Waals surface area contributed by atoms with E-state index in [1.807, 2.05) is 30.0 Å². The molecule has 2 N–H and O–H groups in total. The second-order valence-corrected chi connectivity index (χ2v) is 5.17. The number of unbranched alkanes of at least 4 members (excludes halogenated alkanes) is 3. The van der Waals surface area contributed by atoms with Crippen LogP contribution in [0.1, 0.15) is 32.6 Å². The standard InChI is InChI=1S/C12H18ClNS/c1-2-3-4-5-8-15-10-6-7-12(14)11(13)9-10/h6-7,9H,2-5,8,14H2,1H3. The minimum Gasteiger partial charge on any atom is -0.398 e. The van der Waals surface area contributed by atoms with Gasteiger partial charge in [0, 0.05) is 4.90 Å². The summed E-state index contributed by atoms with van der Waals surface area (Å²) in [5.74, 6) is 1.17. The number of rotatable bonds is 6. The van der Waals surface area contributed by atoms with Gasteiger partial charge in [-0.2, -0.15) is 0 Å². The van der Waals surface area contributed by atoms with Gasteiger partial charge in [0.1, 0.15) is 0 Å². The summed E-state index contributed by atoms with van der Waals surface area (Å²) in [5, 5.41) is 0.661. The Morgan fingerprint density at radius 1 is 1.27 bits per heavy atom. The zero-order valence-corrected chi connectivity index (χ0v) is 10.7. The van der Waals surface area contributed by atoms with Gasteiger partial charge >= 0.3 is 0 Å². The lowest BCUT2D eigenvalue weighted by atomic mass is 10.2. The zero-order chi connectivity index (χ0) is 11.1. The monoisotopic (exact) mass is 243 g/mol. The summed E-state index contributed by atoms with van der Waals surface area (Å²) in [4.78, 5) is 1.21. The summed E-state index contributed by atoms with van der Waals surface area (Å²) < 4.78 is 0. The second-order valence-electron chi connectivity index (χ2n) is 3.59. The molecule has 0 radical (unpaired) electrons. The molecule has 0 amide bonds. The lowest BCUT2D eigenvalue weighted by molar-refractivity contribution is 0.706. The topological polar surface area (TPSA) is 26.0 Å². The third kappa shape index (κ3) is 4.80. The highest BCUT2D eigenvalue weighted by molar-refractivity contribution is 7.99. The van der Waals surface area contributed by atoms with Gasteiger partial charge < -0.3 is 5.73 Å². The number of hydrogen-bond donors (Lipinski definition) is 1. The smallest absolute Gasteiger partial charge is 0.0646 e. The maximum atomic E-state index is 5.94. The molecule has 0 atom stereocenters. The van der Waals surface area contributed by atoms with Crippen molar-refractivity contribution in [1.29, 1.82) is 0 Å². The SMILES string of the molecule is CCCCCCSc1ccc(N)c(Cl)c1. The number of thioether (sulfide) groups is 1. The van der Waals surface area contributed by atoms with E-state index < -0.39 is 0 Å². The molecule has 1 aromatic rings. The van der Waals surface area contributed by atoms with Gasteiger partial charge in [-0.15, -0.1) is 11.8 Å². The number of nitrogens with two attached hydrogens (primary N) is 1. The molecule has 0 bridgehead atoms. The van der Waals surface area contributed by atoms with Gasteiger partial charge in [-0.25, -0.2) is 0 Å². The molecule has 1 nitrogen and oxygen atoms in total. The minimum atomic E-state index is 0.659. The molecule has 0 aliphatic heterocycles. The summed E-state index contributed by atoms with van der Waals surface area (Å²) in [6, 6.07) is 5.85. The Balaban J connectivity index is 2.28. The van der Waals surface area contributed by atoms with E-state index in [2.05, 4.69) is 6.92 Å². The van der Waals surface area contributed by atoms with Crippen LogP contribution in [-0.2, 0) is 0 Å². The Morgan fingerprint density at radius 3 is 2.73 bits per heavy atom. The summed E-state index contributed by atoms with van der Waals surface area (Å²) in [6.45, 7) is 2.23. The fourth-order valence-corrected chi connectivity index (χ4v) is 2.51. The third-order valence-electron chi connectivity index (χ3n) is 2.24. The number of halogens is 1. The number of hydrogen-bond acceptors (Lipinski definition) is 2. The van der Waals surface area contributed by atoms with Gasteiger partial charge in [0.2, 0.25) is 0 Å². The van der Waals surface area contributed by atoms with Crippen LogP contribution >= 0.6 is 23.4 Å². The first kappa shape index (κ1) is 12.7. The van der Waals surface area contributed by atoms with E-state index in [1.165, 1.54) is 36.3 Å². The van der Waals surface area contributed by atoms with Gasteiger partial charge in [-0.05, 0) is 30.4 Å². The first-order chi connectivity index (χ1) is 7.24. The molecule has 1 rings (SSSR count). The maximum absolute atomic E-state index is 5.94. The first-order valence-corrected chi connectivity index (χ1v) is 6.78. The highest BCUT2D eigenvalue weighted by atomic mass is 35.5. The van der Waals surface area contributed by atoms with E-state index in [0.717, 1.165) is 0 Å². The van der Waals surface area contributed by atoms with Crippen LogP contribution in [0, 0.1) is 0 Å². The largest absolute Gasteiger partial charge is 0.398 e. The third-order valence-corrected chi connectivity index (χ3v) is 3.65. The highest BCUT2D eigenvalue weighted by Gasteiger charge is 1.98. The maximum Gasteiger partial charge on any atom is 0.0646 e. The van der Waals surface area contributed by atoms with E-state index in [9.17, 15) is 0 Å². The van der Waals surface area contributed by atoms with Gasteiger partial charge in [0.05, 0.1) is 10.7 Å². The van der Waals surface area contributed by atoms with Crippen molar-refractivity contribution in [3.8, 4) is 0 Å². The predicted molar refractivity (Wildman–Crippen MR) is 70.7 cm³/mol. The molecule has 0 aliphatic rings. The number of nitrogen functional groups attached to an aromatic ring is 1. The molecule has 0 spiro atoms. The fourth-order valence-electron chi connectivity index (χ4n) is 1.32. The van der Waals surface area contributed by atoms with Crippen LogP contribution in [-0.4, -0.2) is 5.75 Å². The number of anilines is 1. The average molecular weight is 244 g/mol. The van der Waals surface area contributed by atoms with Crippen molar-refractivity contribution in [2.24, 2.45) is 0 Å². The molecule has 15 heavy (non-hydrogen) atoms. The lowest BCUT2D eigenvalue weighted by Gasteiger charge is -2.03. The molecule has 0 saturated heterocycles. The molecule has 3 heteroatoms. The quantitative estimate of drug-likeness (QED) is 0.449. The predicted octanol–water partition coefficient (Wildman–Crippen LogP) is 4.59. The normalized spacial score (nSPS) is 10.5. The fraction of sp³-hybridized carbons (Fsp3) is 0.500. The molecule has 0 aromatic heterocycles. The van der Waals surface area contributed by atoms with Crippen molar-refractivity contribution in [2.75, 3.05) is 11.5 Å². The van der Waals surface area contributed by atoms with Gasteiger partial charge in [-0.1, -0.05) is 37.8 Å². The highest BCUT2D eigenvalue weighted by Crippen LogP contribution is 2.26. The van der Waals surface area contributed by atoms with E-state index in [4.69, 9.17) is 17.3 Å². The molecule has 0 fully saturated rings. The Morgan fingerprint density at radius 2 is 2.07 bits per heavy atom. The molecular weight excluding hydrogens is 226 g/mol. The van der Waals surface area contributed by atoms with Gasteiger partial charge in [0.15, 0.2) is 0 Å². The lowest BCUT2D eigenvalue weighted by Crippen LogP contribution is -1.86. The molecule has 84 valence electrons. The van der Waals surface area contributed by atoms with Crippen molar-refractivity contribution in [3.05, 3.63) is 23.2 Å². The summed E-state index contributed by atoms with van der Waals surface area (Å²) >= 11 is 7.79. The van der Waals surface area contributed by atoms with Crippen molar-refractivity contribution >= 4 is 29.1 Å². The first-order valence-electron chi connectivity index (χ1n) is 5.42. The van der Waals surface area contributed by atoms with E-state index in [0.29, 0.717) is 10.7 Å². The van der Waals surface area contributed by atoms with Crippen LogP contribution in [0.4, 0.5) is 5.69 Å². The van der Waals surface area contributed by atoms with Crippen LogP contribution in [0.5, 0.6) is 0 Å². The van der Waals surface area contributed by atoms with Crippen molar-refractivity contribution in [1.82, 2.24) is 0 Å². The molecule has 0 heterocycles. The van der Waals surface area contributed by atoms with E-state index in [1.54, 1.807) is 0 Å². The van der Waals surface area contributed by atoms with Crippen LogP contribution in [0.15, 0.2) is 23.1 Å². The molecule has 0 aliphatic carbocycles. The van der Waals surface area contributed by atoms with Gasteiger partial charge in [-0.3, -0.25) is 0 Å². The second kappa shape index (κ2) is 7.02.